The molecule has 0 spiro atoms. The Hall–Kier alpha value is -1.40. The highest BCUT2D eigenvalue weighted by Gasteiger charge is 2.11. The van der Waals surface area contributed by atoms with Crippen molar-refractivity contribution in [1.29, 1.82) is 0 Å². The zero-order chi connectivity index (χ0) is 14.0. The van der Waals surface area contributed by atoms with E-state index in [2.05, 4.69) is 33.9 Å². The molecule has 0 heterocycles. The minimum atomic E-state index is -0.752. The first-order valence-corrected chi connectivity index (χ1v) is 6.45. The number of benzene rings is 2. The molecule has 1 amide bonds. The number of thiol groups is 1. The Morgan fingerprint density at radius 3 is 2.37 bits per heavy atom. The summed E-state index contributed by atoms with van der Waals surface area (Å²) >= 11 is 7.36. The highest BCUT2D eigenvalue weighted by Crippen LogP contribution is 2.22. The van der Waals surface area contributed by atoms with Gasteiger partial charge < -0.3 is 5.32 Å². The number of amides is 1. The number of carbonyl (C=O) groups is 1. The van der Waals surface area contributed by atoms with Gasteiger partial charge in [-0.15, -0.1) is 12.6 Å². The topological polar surface area (TPSA) is 29.1 Å². The van der Waals surface area contributed by atoms with E-state index < -0.39 is 17.5 Å². The number of hydrogen-bond donors (Lipinski definition) is 2. The van der Waals surface area contributed by atoms with E-state index in [1.807, 2.05) is 0 Å². The summed E-state index contributed by atoms with van der Waals surface area (Å²) < 4.78 is 26.6. The fourth-order valence-corrected chi connectivity index (χ4v) is 2.14. The molecule has 19 heavy (non-hydrogen) atoms. The molecule has 0 saturated carbocycles. The highest BCUT2D eigenvalue weighted by atomic mass is 79.9. The molecular weight excluding hydrogens is 336 g/mol. The van der Waals surface area contributed by atoms with Gasteiger partial charge in [0.25, 0.3) is 5.91 Å². The first kappa shape index (κ1) is 14.0. The standard InChI is InChI=1S/C13H8BrF2NOS/c14-12-2-1-10(19)6-11(12)13(18)17-9-4-7(15)3-8(16)5-9/h1-6,19H,(H,17,18). The van der Waals surface area contributed by atoms with Crippen LogP contribution in [0, 0.1) is 11.6 Å². The van der Waals surface area contributed by atoms with Crippen molar-refractivity contribution in [3.8, 4) is 0 Å². The van der Waals surface area contributed by atoms with Gasteiger partial charge in [0, 0.05) is 21.1 Å². The third-order valence-corrected chi connectivity index (χ3v) is 3.28. The van der Waals surface area contributed by atoms with Gasteiger partial charge in [-0.3, -0.25) is 4.79 Å². The molecule has 1 N–H and O–H groups in total. The first-order valence-electron chi connectivity index (χ1n) is 5.21. The lowest BCUT2D eigenvalue weighted by Gasteiger charge is -2.08. The summed E-state index contributed by atoms with van der Waals surface area (Å²) in [4.78, 5) is 12.6. The molecule has 2 nitrogen and oxygen atoms in total. The molecule has 2 aromatic carbocycles. The van der Waals surface area contributed by atoms with Crippen molar-refractivity contribution in [2.45, 2.75) is 4.90 Å². The zero-order valence-electron chi connectivity index (χ0n) is 9.45. The van der Waals surface area contributed by atoms with Gasteiger partial charge in [-0.05, 0) is 46.3 Å². The fraction of sp³-hybridized carbons (Fsp3) is 0. The molecule has 0 atom stereocenters. The van der Waals surface area contributed by atoms with Gasteiger partial charge in [0.05, 0.1) is 5.56 Å². The molecule has 0 unspecified atom stereocenters. The van der Waals surface area contributed by atoms with E-state index in [0.29, 0.717) is 14.9 Å². The van der Waals surface area contributed by atoms with E-state index >= 15 is 0 Å². The molecule has 2 rings (SSSR count). The van der Waals surface area contributed by atoms with Gasteiger partial charge in [-0.1, -0.05) is 0 Å². The maximum atomic E-state index is 13.0. The lowest BCUT2D eigenvalue weighted by Crippen LogP contribution is -2.13. The van der Waals surface area contributed by atoms with E-state index in [9.17, 15) is 13.6 Å². The Labute approximate surface area is 122 Å². The van der Waals surface area contributed by atoms with E-state index in [0.717, 1.165) is 18.2 Å². The summed E-state index contributed by atoms with van der Waals surface area (Å²) in [5.74, 6) is -1.98. The SMILES string of the molecule is O=C(Nc1cc(F)cc(F)c1)c1cc(S)ccc1Br. The van der Waals surface area contributed by atoms with E-state index in [1.54, 1.807) is 18.2 Å². The van der Waals surface area contributed by atoms with Crippen molar-refractivity contribution in [2.75, 3.05) is 5.32 Å². The summed E-state index contributed by atoms with van der Waals surface area (Å²) in [7, 11) is 0. The van der Waals surface area contributed by atoms with Crippen LogP contribution in [0.4, 0.5) is 14.5 Å². The van der Waals surface area contributed by atoms with Crippen molar-refractivity contribution in [3.05, 3.63) is 58.1 Å². The minimum absolute atomic E-state index is 0.0546. The Bertz CT molecular complexity index is 628. The second-order valence-electron chi connectivity index (χ2n) is 3.78. The predicted octanol–water partition coefficient (Wildman–Crippen LogP) is 4.27. The average molecular weight is 344 g/mol. The molecular formula is C13H8BrF2NOS. The van der Waals surface area contributed by atoms with E-state index in [-0.39, 0.29) is 5.69 Å². The van der Waals surface area contributed by atoms with E-state index in [4.69, 9.17) is 0 Å². The van der Waals surface area contributed by atoms with Crippen LogP contribution in [0.5, 0.6) is 0 Å². The molecule has 0 aliphatic carbocycles. The molecule has 6 heteroatoms. The Balaban J connectivity index is 2.28. The number of rotatable bonds is 2. The quantitative estimate of drug-likeness (QED) is 0.783. The van der Waals surface area contributed by atoms with Gasteiger partial charge in [0.1, 0.15) is 11.6 Å². The summed E-state index contributed by atoms with van der Waals surface area (Å²) in [6.07, 6.45) is 0. The average Bonchev–Trinajstić information content (AvgIpc) is 2.30. The molecule has 0 aromatic heterocycles. The highest BCUT2D eigenvalue weighted by molar-refractivity contribution is 9.10. The van der Waals surface area contributed by atoms with Gasteiger partial charge in [-0.25, -0.2) is 8.78 Å². The summed E-state index contributed by atoms with van der Waals surface area (Å²) in [5.41, 5.74) is 0.385. The second kappa shape index (κ2) is 5.71. The summed E-state index contributed by atoms with van der Waals surface area (Å²) in [6, 6.07) is 7.76. The third kappa shape index (κ3) is 3.54. The molecule has 2 aromatic rings. The van der Waals surface area contributed by atoms with Crippen LogP contribution in [0.2, 0.25) is 0 Å². The maximum absolute atomic E-state index is 13.0. The van der Waals surface area contributed by atoms with Gasteiger partial charge in [0.2, 0.25) is 0 Å². The van der Waals surface area contributed by atoms with Crippen LogP contribution in [0.25, 0.3) is 0 Å². The predicted molar refractivity (Wildman–Crippen MR) is 75.7 cm³/mol. The molecule has 0 aliphatic heterocycles. The summed E-state index contributed by atoms with van der Waals surface area (Å²) in [6.45, 7) is 0. The largest absolute Gasteiger partial charge is 0.322 e. The fourth-order valence-electron chi connectivity index (χ4n) is 1.51. The lowest BCUT2D eigenvalue weighted by molar-refractivity contribution is 0.102. The van der Waals surface area contributed by atoms with Crippen LogP contribution in [0.3, 0.4) is 0 Å². The van der Waals surface area contributed by atoms with Gasteiger partial charge >= 0.3 is 0 Å². The molecule has 0 saturated heterocycles. The summed E-state index contributed by atoms with van der Waals surface area (Å²) in [5, 5.41) is 2.43. The number of nitrogens with one attached hydrogen (secondary N) is 1. The normalized spacial score (nSPS) is 10.3. The minimum Gasteiger partial charge on any atom is -0.322 e. The Morgan fingerprint density at radius 2 is 1.74 bits per heavy atom. The number of carbonyl (C=O) groups excluding carboxylic acids is 1. The first-order chi connectivity index (χ1) is 8.95. The van der Waals surface area contributed by atoms with Crippen LogP contribution >= 0.6 is 28.6 Å². The Kier molecular flexibility index (Phi) is 4.21. The molecule has 0 bridgehead atoms. The lowest BCUT2D eigenvalue weighted by atomic mass is 10.2. The van der Waals surface area contributed by atoms with Crippen LogP contribution in [0.1, 0.15) is 10.4 Å². The molecule has 0 fully saturated rings. The van der Waals surface area contributed by atoms with Gasteiger partial charge in [-0.2, -0.15) is 0 Å². The van der Waals surface area contributed by atoms with E-state index in [1.165, 1.54) is 0 Å². The molecule has 0 radical (unpaired) electrons. The molecule has 98 valence electrons. The van der Waals surface area contributed by atoms with Crippen LogP contribution in [-0.2, 0) is 0 Å². The van der Waals surface area contributed by atoms with Gasteiger partial charge in [0.15, 0.2) is 0 Å². The van der Waals surface area contributed by atoms with Crippen molar-refractivity contribution in [3.63, 3.8) is 0 Å². The third-order valence-electron chi connectivity index (χ3n) is 2.31. The maximum Gasteiger partial charge on any atom is 0.256 e. The van der Waals surface area contributed by atoms with Crippen molar-refractivity contribution in [2.24, 2.45) is 0 Å². The number of halogens is 3. The smallest absolute Gasteiger partial charge is 0.256 e. The molecule has 0 aliphatic rings. The number of hydrogen-bond acceptors (Lipinski definition) is 2. The second-order valence-corrected chi connectivity index (χ2v) is 5.15. The van der Waals surface area contributed by atoms with Crippen LogP contribution in [0.15, 0.2) is 45.8 Å². The monoisotopic (exact) mass is 343 g/mol. The van der Waals surface area contributed by atoms with Crippen LogP contribution < -0.4 is 5.32 Å². The Morgan fingerprint density at radius 1 is 1.11 bits per heavy atom. The van der Waals surface area contributed by atoms with Crippen molar-refractivity contribution < 1.29 is 13.6 Å². The number of anilines is 1. The van der Waals surface area contributed by atoms with Crippen LogP contribution in [-0.4, -0.2) is 5.91 Å². The van der Waals surface area contributed by atoms with Crippen molar-refractivity contribution in [1.82, 2.24) is 0 Å². The zero-order valence-corrected chi connectivity index (χ0v) is 11.9. The van der Waals surface area contributed by atoms with Crippen molar-refractivity contribution >= 4 is 40.2 Å².